The second-order valence-corrected chi connectivity index (χ2v) is 4.56. The second kappa shape index (κ2) is 5.40. The minimum Gasteiger partial charge on any atom is -0.399 e. The normalized spacial score (nSPS) is 15.6. The summed E-state index contributed by atoms with van der Waals surface area (Å²) in [6.45, 7) is 0. The molecule has 18 heavy (non-hydrogen) atoms. The van der Waals surface area contributed by atoms with Crippen LogP contribution in [0.2, 0.25) is 0 Å². The maximum absolute atomic E-state index is 5.64. The summed E-state index contributed by atoms with van der Waals surface area (Å²) >= 11 is 0. The lowest BCUT2D eigenvalue weighted by atomic mass is 10.1. The van der Waals surface area contributed by atoms with E-state index in [1.54, 1.807) is 0 Å². The molecule has 1 aromatic carbocycles. The third-order valence-electron chi connectivity index (χ3n) is 3.32. The lowest BCUT2D eigenvalue weighted by Crippen LogP contribution is -1.94. The van der Waals surface area contributed by atoms with Gasteiger partial charge in [0.25, 0.3) is 5.89 Å². The molecule has 2 N–H and O–H groups in total. The molecule has 0 spiro atoms. The van der Waals surface area contributed by atoms with Gasteiger partial charge in [-0.1, -0.05) is 18.0 Å². The third-order valence-corrected chi connectivity index (χ3v) is 3.32. The minimum absolute atomic E-state index is 0. The maximum Gasteiger partial charge on any atom is 0.257 e. The second-order valence-electron chi connectivity index (χ2n) is 4.56. The molecular formula is C13H16ClN3O. The van der Waals surface area contributed by atoms with Crippen LogP contribution in [0.4, 0.5) is 5.69 Å². The van der Waals surface area contributed by atoms with Gasteiger partial charge in [-0.3, -0.25) is 0 Å². The predicted molar refractivity (Wildman–Crippen MR) is 72.6 cm³/mol. The molecule has 0 bridgehead atoms. The summed E-state index contributed by atoms with van der Waals surface area (Å²) in [4.78, 5) is 4.47. The number of nitrogens with zero attached hydrogens (tertiary/aromatic N) is 2. The average molecular weight is 266 g/mol. The van der Waals surface area contributed by atoms with Crippen LogP contribution in [0.15, 0.2) is 28.8 Å². The summed E-state index contributed by atoms with van der Waals surface area (Å²) < 4.78 is 5.30. The highest BCUT2D eigenvalue weighted by atomic mass is 35.5. The zero-order valence-corrected chi connectivity index (χ0v) is 10.8. The maximum atomic E-state index is 5.64. The van der Waals surface area contributed by atoms with Gasteiger partial charge in [0.1, 0.15) is 0 Å². The molecule has 0 saturated heterocycles. The first-order valence-corrected chi connectivity index (χ1v) is 6.02. The first-order chi connectivity index (χ1) is 8.33. The van der Waals surface area contributed by atoms with Crippen LogP contribution in [-0.2, 0) is 0 Å². The standard InChI is InChI=1S/C13H15N3O.ClH/c14-11-7-5-10(6-8-11)13-15-12(16-17-13)9-3-1-2-4-9;/h5-9H,1-4,14H2;1H. The molecule has 1 aliphatic rings. The van der Waals surface area contributed by atoms with Gasteiger partial charge in [-0.2, -0.15) is 4.98 Å². The number of hydrogen-bond donors (Lipinski definition) is 1. The van der Waals surface area contributed by atoms with E-state index in [0.717, 1.165) is 17.1 Å². The Balaban J connectivity index is 0.00000120. The topological polar surface area (TPSA) is 64.9 Å². The van der Waals surface area contributed by atoms with Crippen molar-refractivity contribution in [2.24, 2.45) is 0 Å². The van der Waals surface area contributed by atoms with Crippen molar-refractivity contribution in [1.82, 2.24) is 10.1 Å². The van der Waals surface area contributed by atoms with Crippen LogP contribution in [0.5, 0.6) is 0 Å². The highest BCUT2D eigenvalue weighted by Crippen LogP contribution is 2.33. The number of benzene rings is 1. The van der Waals surface area contributed by atoms with Crippen molar-refractivity contribution in [3.63, 3.8) is 0 Å². The molecule has 2 aromatic rings. The molecular weight excluding hydrogens is 250 g/mol. The van der Waals surface area contributed by atoms with Gasteiger partial charge in [0.15, 0.2) is 5.82 Å². The van der Waals surface area contributed by atoms with Crippen LogP contribution < -0.4 is 5.73 Å². The number of aromatic nitrogens is 2. The molecule has 96 valence electrons. The van der Waals surface area contributed by atoms with Crippen LogP contribution >= 0.6 is 12.4 Å². The van der Waals surface area contributed by atoms with Crippen molar-refractivity contribution in [1.29, 1.82) is 0 Å². The monoisotopic (exact) mass is 265 g/mol. The lowest BCUT2D eigenvalue weighted by molar-refractivity contribution is 0.416. The van der Waals surface area contributed by atoms with Crippen molar-refractivity contribution < 1.29 is 4.52 Å². The largest absolute Gasteiger partial charge is 0.399 e. The van der Waals surface area contributed by atoms with Crippen molar-refractivity contribution in [3.05, 3.63) is 30.1 Å². The van der Waals surface area contributed by atoms with E-state index < -0.39 is 0 Å². The lowest BCUT2D eigenvalue weighted by Gasteiger charge is -1.99. The summed E-state index contributed by atoms with van der Waals surface area (Å²) in [5.41, 5.74) is 7.31. The summed E-state index contributed by atoms with van der Waals surface area (Å²) in [6.07, 6.45) is 4.91. The molecule has 1 fully saturated rings. The van der Waals surface area contributed by atoms with Gasteiger partial charge in [-0.15, -0.1) is 12.4 Å². The molecule has 1 aromatic heterocycles. The van der Waals surface area contributed by atoms with Crippen LogP contribution in [0.3, 0.4) is 0 Å². The van der Waals surface area contributed by atoms with Crippen LogP contribution in [0.25, 0.3) is 11.5 Å². The van der Waals surface area contributed by atoms with E-state index in [1.807, 2.05) is 24.3 Å². The summed E-state index contributed by atoms with van der Waals surface area (Å²) in [5.74, 6) is 1.93. The molecule has 1 aliphatic carbocycles. The molecule has 0 atom stereocenters. The molecule has 0 unspecified atom stereocenters. The Morgan fingerprint density at radius 2 is 1.78 bits per heavy atom. The fourth-order valence-corrected chi connectivity index (χ4v) is 2.33. The number of hydrogen-bond acceptors (Lipinski definition) is 4. The quantitative estimate of drug-likeness (QED) is 0.845. The fraction of sp³-hybridized carbons (Fsp3) is 0.385. The smallest absolute Gasteiger partial charge is 0.257 e. The number of rotatable bonds is 2. The molecule has 0 aliphatic heterocycles. The van der Waals surface area contributed by atoms with Crippen LogP contribution in [-0.4, -0.2) is 10.1 Å². The summed E-state index contributed by atoms with van der Waals surface area (Å²) in [6, 6.07) is 7.49. The molecule has 5 heteroatoms. The number of halogens is 1. The van der Waals surface area contributed by atoms with Gasteiger partial charge in [0.2, 0.25) is 0 Å². The third kappa shape index (κ3) is 2.48. The fourth-order valence-electron chi connectivity index (χ4n) is 2.33. The highest BCUT2D eigenvalue weighted by Gasteiger charge is 2.22. The number of nitrogens with two attached hydrogens (primary N) is 1. The van der Waals surface area contributed by atoms with Crippen molar-refractivity contribution in [2.45, 2.75) is 31.6 Å². The molecule has 0 radical (unpaired) electrons. The highest BCUT2D eigenvalue weighted by molar-refractivity contribution is 5.85. The van der Waals surface area contributed by atoms with Gasteiger partial charge in [-0.25, -0.2) is 0 Å². The molecule has 4 nitrogen and oxygen atoms in total. The molecule has 1 heterocycles. The van der Waals surface area contributed by atoms with Gasteiger partial charge in [0.05, 0.1) is 0 Å². The Morgan fingerprint density at radius 3 is 2.44 bits per heavy atom. The van der Waals surface area contributed by atoms with E-state index in [9.17, 15) is 0 Å². The van der Waals surface area contributed by atoms with Gasteiger partial charge in [0, 0.05) is 17.2 Å². The first kappa shape index (κ1) is 12.9. The van der Waals surface area contributed by atoms with E-state index in [1.165, 1.54) is 25.7 Å². The Labute approximate surface area is 112 Å². The Morgan fingerprint density at radius 1 is 1.11 bits per heavy atom. The average Bonchev–Trinajstić information content (AvgIpc) is 3.00. The van der Waals surface area contributed by atoms with Crippen LogP contribution in [0.1, 0.15) is 37.4 Å². The van der Waals surface area contributed by atoms with Crippen molar-refractivity contribution in [2.75, 3.05) is 5.73 Å². The van der Waals surface area contributed by atoms with E-state index in [4.69, 9.17) is 10.3 Å². The Bertz CT molecular complexity index is 503. The van der Waals surface area contributed by atoms with Crippen LogP contribution in [0, 0.1) is 0 Å². The predicted octanol–water partition coefficient (Wildman–Crippen LogP) is 3.40. The van der Waals surface area contributed by atoms with Crippen molar-refractivity contribution >= 4 is 18.1 Å². The van der Waals surface area contributed by atoms with Gasteiger partial charge in [-0.05, 0) is 37.1 Å². The minimum atomic E-state index is 0. The number of nitrogen functional groups attached to an aromatic ring is 1. The Kier molecular flexibility index (Phi) is 3.87. The van der Waals surface area contributed by atoms with E-state index in [0.29, 0.717) is 11.8 Å². The Hall–Kier alpha value is -1.55. The molecule has 1 saturated carbocycles. The van der Waals surface area contributed by atoms with E-state index in [-0.39, 0.29) is 12.4 Å². The summed E-state index contributed by atoms with van der Waals surface area (Å²) in [5, 5.41) is 4.08. The zero-order valence-electron chi connectivity index (χ0n) is 10.0. The van der Waals surface area contributed by atoms with E-state index in [2.05, 4.69) is 10.1 Å². The zero-order chi connectivity index (χ0) is 11.7. The molecule has 0 amide bonds. The van der Waals surface area contributed by atoms with Crippen molar-refractivity contribution in [3.8, 4) is 11.5 Å². The van der Waals surface area contributed by atoms with Gasteiger partial charge >= 0.3 is 0 Å². The SMILES string of the molecule is Cl.Nc1ccc(-c2nc(C3CCCC3)no2)cc1. The molecule has 3 rings (SSSR count). The summed E-state index contributed by atoms with van der Waals surface area (Å²) in [7, 11) is 0. The first-order valence-electron chi connectivity index (χ1n) is 6.02. The van der Waals surface area contributed by atoms with E-state index >= 15 is 0 Å². The van der Waals surface area contributed by atoms with Gasteiger partial charge < -0.3 is 10.3 Å². The number of anilines is 1.